The highest BCUT2D eigenvalue weighted by molar-refractivity contribution is 7.47. The second-order valence-electron chi connectivity index (χ2n) is 15.7. The molecule has 0 aliphatic carbocycles. The summed E-state index contributed by atoms with van der Waals surface area (Å²) in [6.07, 6.45) is 40.5. The van der Waals surface area contributed by atoms with Gasteiger partial charge in [0.25, 0.3) is 0 Å². The van der Waals surface area contributed by atoms with E-state index >= 15 is 0 Å². The summed E-state index contributed by atoms with van der Waals surface area (Å²) in [5, 5.41) is 0. The number of unbranched alkanes of at least 4 members (excludes halogenated alkanes) is 19. The second kappa shape index (κ2) is 36.8. The van der Waals surface area contributed by atoms with Crippen molar-refractivity contribution in [2.24, 2.45) is 0 Å². The molecule has 0 saturated heterocycles. The number of phosphoric ester groups is 1. The van der Waals surface area contributed by atoms with Gasteiger partial charge >= 0.3 is 19.8 Å². The average Bonchev–Trinajstić information content (AvgIpc) is 3.12. The Labute approximate surface area is 331 Å². The van der Waals surface area contributed by atoms with Gasteiger partial charge in [-0.2, -0.15) is 0 Å². The maximum Gasteiger partial charge on any atom is 0.472 e. The van der Waals surface area contributed by atoms with Gasteiger partial charge in [0.15, 0.2) is 6.10 Å². The van der Waals surface area contributed by atoms with E-state index in [2.05, 4.69) is 50.3 Å². The molecule has 0 aromatic carbocycles. The van der Waals surface area contributed by atoms with Crippen molar-refractivity contribution in [1.29, 1.82) is 0 Å². The maximum absolute atomic E-state index is 12.6. The molecule has 0 aromatic rings. The Morgan fingerprint density at radius 1 is 0.574 bits per heavy atom. The van der Waals surface area contributed by atoms with Crippen molar-refractivity contribution in [1.82, 2.24) is 0 Å². The Bertz CT molecular complexity index is 1020. The lowest BCUT2D eigenvalue weighted by atomic mass is 10.0. The Hall–Kier alpha value is -1.77. The second-order valence-corrected chi connectivity index (χ2v) is 17.2. The van der Waals surface area contributed by atoms with Crippen LogP contribution in [0.1, 0.15) is 181 Å². The smallest absolute Gasteiger partial charge is 0.462 e. The summed E-state index contributed by atoms with van der Waals surface area (Å²) in [7, 11) is 1.45. The fraction of sp³-hybridized carbons (Fsp3) is 0.818. The van der Waals surface area contributed by atoms with Gasteiger partial charge in [-0.1, -0.05) is 159 Å². The average molecular weight is 785 g/mol. The number of quaternary nitrogens is 1. The van der Waals surface area contributed by atoms with Crippen LogP contribution in [0.25, 0.3) is 0 Å². The normalized spacial score (nSPS) is 14.0. The zero-order valence-electron chi connectivity index (χ0n) is 35.5. The number of nitrogens with zero attached hydrogens (tertiary/aromatic N) is 1. The zero-order valence-corrected chi connectivity index (χ0v) is 36.3. The third-order valence-corrected chi connectivity index (χ3v) is 10.2. The van der Waals surface area contributed by atoms with Gasteiger partial charge in [-0.3, -0.25) is 18.6 Å². The molecule has 0 radical (unpaired) electrons. The summed E-state index contributed by atoms with van der Waals surface area (Å²) in [4.78, 5) is 35.3. The summed E-state index contributed by atoms with van der Waals surface area (Å²) >= 11 is 0. The van der Waals surface area contributed by atoms with Crippen molar-refractivity contribution in [3.05, 3.63) is 36.5 Å². The third kappa shape index (κ3) is 39.9. The van der Waals surface area contributed by atoms with Gasteiger partial charge in [-0.25, -0.2) is 4.57 Å². The van der Waals surface area contributed by atoms with Crippen molar-refractivity contribution in [3.8, 4) is 0 Å². The minimum atomic E-state index is -4.38. The molecule has 316 valence electrons. The number of ether oxygens (including phenoxy) is 2. The largest absolute Gasteiger partial charge is 0.472 e. The van der Waals surface area contributed by atoms with E-state index in [1.54, 1.807) is 0 Å². The Morgan fingerprint density at radius 3 is 1.54 bits per heavy atom. The number of hydrogen-bond acceptors (Lipinski definition) is 7. The number of rotatable bonds is 39. The predicted molar refractivity (Wildman–Crippen MR) is 224 cm³/mol. The van der Waals surface area contributed by atoms with Crippen LogP contribution in [0, 0.1) is 0 Å². The molecule has 0 spiro atoms. The number of hydrogen-bond donors (Lipinski definition) is 1. The maximum atomic E-state index is 12.6. The first-order valence-electron chi connectivity index (χ1n) is 21.7. The van der Waals surface area contributed by atoms with Crippen LogP contribution in [0.4, 0.5) is 0 Å². The van der Waals surface area contributed by atoms with Gasteiger partial charge in [0.1, 0.15) is 19.8 Å². The van der Waals surface area contributed by atoms with Crippen molar-refractivity contribution in [3.63, 3.8) is 0 Å². The van der Waals surface area contributed by atoms with E-state index in [1.165, 1.54) is 103 Å². The minimum absolute atomic E-state index is 0.0233. The molecule has 0 rings (SSSR count). The zero-order chi connectivity index (χ0) is 40.0. The molecule has 0 aromatic heterocycles. The van der Waals surface area contributed by atoms with E-state index in [1.807, 2.05) is 21.1 Å². The van der Waals surface area contributed by atoms with Gasteiger partial charge in [-0.15, -0.1) is 0 Å². The molecule has 1 N–H and O–H groups in total. The van der Waals surface area contributed by atoms with Crippen LogP contribution in [0.2, 0.25) is 0 Å². The molecular weight excluding hydrogens is 701 g/mol. The van der Waals surface area contributed by atoms with Gasteiger partial charge in [0, 0.05) is 12.8 Å². The van der Waals surface area contributed by atoms with Crippen LogP contribution in [0.15, 0.2) is 36.5 Å². The molecule has 10 heteroatoms. The summed E-state index contributed by atoms with van der Waals surface area (Å²) < 4.78 is 34.2. The topological polar surface area (TPSA) is 108 Å². The minimum Gasteiger partial charge on any atom is -0.462 e. The van der Waals surface area contributed by atoms with E-state index in [4.69, 9.17) is 18.5 Å². The molecule has 0 heterocycles. The van der Waals surface area contributed by atoms with Crippen LogP contribution in [0.3, 0.4) is 0 Å². The molecule has 0 aliphatic rings. The lowest BCUT2D eigenvalue weighted by Gasteiger charge is -2.24. The number of phosphoric acid groups is 1. The first kappa shape index (κ1) is 52.2. The highest BCUT2D eigenvalue weighted by atomic mass is 31.2. The van der Waals surface area contributed by atoms with Crippen LogP contribution < -0.4 is 0 Å². The number of carbonyl (C=O) groups is 2. The molecule has 0 aliphatic heterocycles. The lowest BCUT2D eigenvalue weighted by molar-refractivity contribution is -0.870. The molecule has 2 unspecified atom stereocenters. The van der Waals surface area contributed by atoms with Crippen molar-refractivity contribution < 1.29 is 42.1 Å². The SMILES string of the molecule is CCCCCCCC/C=C\C/C=C\C/C=C\CCCC(=O)OC(COC(=O)CCCCCCCCCCCCCCC)COP(=O)(O)OCC[N+](C)(C)C. The quantitative estimate of drug-likeness (QED) is 0.0216. The van der Waals surface area contributed by atoms with E-state index < -0.39 is 26.5 Å². The van der Waals surface area contributed by atoms with Crippen LogP contribution in [0.5, 0.6) is 0 Å². The van der Waals surface area contributed by atoms with Gasteiger partial charge in [0.05, 0.1) is 27.7 Å². The lowest BCUT2D eigenvalue weighted by Crippen LogP contribution is -2.37. The summed E-state index contributed by atoms with van der Waals surface area (Å²) in [5.74, 6) is -0.857. The molecular formula is C44H83NO8P+. The van der Waals surface area contributed by atoms with Crippen molar-refractivity contribution in [2.75, 3.05) is 47.5 Å². The molecule has 0 saturated carbocycles. The summed E-state index contributed by atoms with van der Waals surface area (Å²) in [6.45, 7) is 4.36. The third-order valence-electron chi connectivity index (χ3n) is 9.17. The van der Waals surface area contributed by atoms with Gasteiger partial charge in [-0.05, 0) is 44.9 Å². The molecule has 0 amide bonds. The van der Waals surface area contributed by atoms with E-state index in [-0.39, 0.29) is 32.0 Å². The molecule has 54 heavy (non-hydrogen) atoms. The first-order valence-corrected chi connectivity index (χ1v) is 23.2. The van der Waals surface area contributed by atoms with Crippen molar-refractivity contribution >= 4 is 19.8 Å². The van der Waals surface area contributed by atoms with E-state index in [9.17, 15) is 19.0 Å². The number of likely N-dealkylation sites (N-methyl/N-ethyl adjacent to an activating group) is 1. The predicted octanol–water partition coefficient (Wildman–Crippen LogP) is 12.1. The van der Waals surface area contributed by atoms with Gasteiger partial charge in [0.2, 0.25) is 0 Å². The number of allylic oxidation sites excluding steroid dienone is 6. The van der Waals surface area contributed by atoms with Crippen LogP contribution >= 0.6 is 7.82 Å². The first-order chi connectivity index (χ1) is 26.0. The fourth-order valence-electron chi connectivity index (χ4n) is 5.74. The Morgan fingerprint density at radius 2 is 1.02 bits per heavy atom. The molecule has 0 bridgehead atoms. The monoisotopic (exact) mass is 785 g/mol. The highest BCUT2D eigenvalue weighted by Gasteiger charge is 2.27. The summed E-state index contributed by atoms with van der Waals surface area (Å²) in [6, 6.07) is 0. The number of esters is 2. The van der Waals surface area contributed by atoms with E-state index in [0.717, 1.165) is 44.9 Å². The van der Waals surface area contributed by atoms with Crippen LogP contribution in [-0.2, 0) is 32.7 Å². The van der Waals surface area contributed by atoms with Gasteiger partial charge < -0.3 is 18.9 Å². The highest BCUT2D eigenvalue weighted by Crippen LogP contribution is 2.43. The molecule has 9 nitrogen and oxygen atoms in total. The van der Waals surface area contributed by atoms with Crippen molar-refractivity contribution in [2.45, 2.75) is 187 Å². The van der Waals surface area contributed by atoms with Crippen LogP contribution in [-0.4, -0.2) is 74.9 Å². The Balaban J connectivity index is 4.46. The Kier molecular flexibility index (Phi) is 35.6. The standard InChI is InChI=1S/C44H82NO8P/c1-6-8-10-12-14-16-18-20-21-22-23-25-27-29-31-33-35-37-44(47)53-42(41-52-54(48,49)51-39-38-45(3,4)5)40-50-43(46)36-34-32-30-28-26-24-19-17-15-13-11-9-7-2/h20-21,23,25,29,31,42H,6-19,22,24,26-28,30,32-41H2,1-5H3/p+1/b21-20-,25-23-,31-29-. The fourth-order valence-corrected chi connectivity index (χ4v) is 6.48. The summed E-state index contributed by atoms with van der Waals surface area (Å²) in [5.41, 5.74) is 0. The molecule has 2 atom stereocenters. The van der Waals surface area contributed by atoms with E-state index in [0.29, 0.717) is 17.4 Å². The number of carbonyl (C=O) groups excluding carboxylic acids is 2. The molecule has 0 fully saturated rings.